The third kappa shape index (κ3) is 3.11. The van der Waals surface area contributed by atoms with Crippen molar-refractivity contribution >= 4 is 28.8 Å². The Morgan fingerprint density at radius 3 is 2.85 bits per heavy atom. The highest BCUT2D eigenvalue weighted by molar-refractivity contribution is 7.15. The van der Waals surface area contributed by atoms with E-state index in [0.29, 0.717) is 11.0 Å². The second-order valence-corrected chi connectivity index (χ2v) is 6.80. The van der Waals surface area contributed by atoms with Crippen LogP contribution in [0.1, 0.15) is 17.8 Å². The number of aromatic nitrogens is 2. The molecule has 0 aromatic carbocycles. The minimum atomic E-state index is -0.00391. The second kappa shape index (κ2) is 6.34. The molecule has 110 valence electrons. The Kier molecular flexibility index (Phi) is 4.50. The lowest BCUT2D eigenvalue weighted by molar-refractivity contribution is -0.136. The molecule has 6 nitrogen and oxygen atoms in total. The van der Waals surface area contributed by atoms with Crippen molar-refractivity contribution < 1.29 is 4.79 Å². The third-order valence-electron chi connectivity index (χ3n) is 3.86. The van der Waals surface area contributed by atoms with Crippen LogP contribution in [0, 0.1) is 0 Å². The van der Waals surface area contributed by atoms with Gasteiger partial charge >= 0.3 is 0 Å². The Morgan fingerprint density at radius 1 is 1.35 bits per heavy atom. The maximum atomic E-state index is 12.6. The molecule has 8 heteroatoms. The Labute approximate surface area is 127 Å². The van der Waals surface area contributed by atoms with E-state index < -0.39 is 0 Å². The van der Waals surface area contributed by atoms with E-state index in [1.807, 2.05) is 4.90 Å². The topological polar surface area (TPSA) is 61.4 Å². The molecule has 0 spiro atoms. The van der Waals surface area contributed by atoms with Gasteiger partial charge in [0.15, 0.2) is 0 Å². The molecule has 2 aliphatic rings. The van der Waals surface area contributed by atoms with Gasteiger partial charge in [0.1, 0.15) is 5.01 Å². The van der Waals surface area contributed by atoms with Gasteiger partial charge in [-0.25, -0.2) is 0 Å². The van der Waals surface area contributed by atoms with Crippen LogP contribution >= 0.6 is 22.9 Å². The summed E-state index contributed by atoms with van der Waals surface area (Å²) in [5, 5.41) is 12.0. The van der Waals surface area contributed by atoms with E-state index in [1.165, 1.54) is 11.3 Å². The summed E-state index contributed by atoms with van der Waals surface area (Å²) in [6, 6.07) is -0.00391. The predicted molar refractivity (Wildman–Crippen MR) is 77.8 cm³/mol. The molecule has 0 bridgehead atoms. The molecule has 1 unspecified atom stereocenters. The molecule has 0 aliphatic carbocycles. The summed E-state index contributed by atoms with van der Waals surface area (Å²) in [6.45, 7) is 5.03. The number of piperazine rings is 1. The van der Waals surface area contributed by atoms with Crippen molar-refractivity contribution in [3.63, 3.8) is 0 Å². The standard InChI is InChI=1S/C12H18ClN5OS/c13-12-16-15-10(20-12)8-18-5-1-2-9(18)11(19)17-6-3-14-4-7-17/h9,14H,1-8H2. The van der Waals surface area contributed by atoms with Crippen molar-refractivity contribution in [2.45, 2.75) is 25.4 Å². The monoisotopic (exact) mass is 315 g/mol. The molecule has 1 amide bonds. The number of rotatable bonds is 3. The minimum absolute atomic E-state index is 0.00391. The van der Waals surface area contributed by atoms with Gasteiger partial charge in [-0.15, -0.1) is 10.2 Å². The van der Waals surface area contributed by atoms with E-state index >= 15 is 0 Å². The lowest BCUT2D eigenvalue weighted by Crippen LogP contribution is -2.52. The zero-order valence-corrected chi connectivity index (χ0v) is 12.8. The van der Waals surface area contributed by atoms with Gasteiger partial charge in [-0.2, -0.15) is 0 Å². The van der Waals surface area contributed by atoms with Crippen molar-refractivity contribution in [1.29, 1.82) is 0 Å². The quantitative estimate of drug-likeness (QED) is 0.884. The maximum absolute atomic E-state index is 12.6. The van der Waals surface area contributed by atoms with Gasteiger partial charge in [0.25, 0.3) is 0 Å². The number of nitrogens with one attached hydrogen (secondary N) is 1. The average molecular weight is 316 g/mol. The number of halogens is 1. The molecule has 0 saturated carbocycles. The molecule has 1 aromatic heterocycles. The van der Waals surface area contributed by atoms with Crippen molar-refractivity contribution in [2.75, 3.05) is 32.7 Å². The van der Waals surface area contributed by atoms with E-state index in [2.05, 4.69) is 20.4 Å². The molecule has 20 heavy (non-hydrogen) atoms. The zero-order valence-electron chi connectivity index (χ0n) is 11.2. The molecule has 3 rings (SSSR count). The molecule has 2 saturated heterocycles. The van der Waals surface area contributed by atoms with Crippen LogP contribution < -0.4 is 5.32 Å². The van der Waals surface area contributed by atoms with E-state index in [-0.39, 0.29) is 11.9 Å². The maximum Gasteiger partial charge on any atom is 0.240 e. The lowest BCUT2D eigenvalue weighted by atomic mass is 10.1. The zero-order chi connectivity index (χ0) is 13.9. The first-order valence-corrected chi connectivity index (χ1v) is 8.15. The highest BCUT2D eigenvalue weighted by Gasteiger charge is 2.34. The molecule has 1 aromatic rings. The number of likely N-dealkylation sites (tertiary alicyclic amines) is 1. The van der Waals surface area contributed by atoms with Crippen molar-refractivity contribution in [1.82, 2.24) is 25.3 Å². The van der Waals surface area contributed by atoms with E-state index in [1.54, 1.807) is 0 Å². The van der Waals surface area contributed by atoms with Gasteiger partial charge in [-0.3, -0.25) is 9.69 Å². The summed E-state index contributed by atoms with van der Waals surface area (Å²) in [5.41, 5.74) is 0. The Bertz CT molecular complexity index is 476. The van der Waals surface area contributed by atoms with Gasteiger partial charge in [-0.05, 0) is 31.0 Å². The third-order valence-corrected chi connectivity index (χ3v) is 4.86. The lowest BCUT2D eigenvalue weighted by Gasteiger charge is -2.32. The van der Waals surface area contributed by atoms with Crippen LogP contribution in [0.15, 0.2) is 0 Å². The summed E-state index contributed by atoms with van der Waals surface area (Å²) in [7, 11) is 0. The first-order valence-electron chi connectivity index (χ1n) is 6.95. The predicted octanol–water partition coefficient (Wildman–Crippen LogP) is 0.588. The van der Waals surface area contributed by atoms with Gasteiger partial charge in [0.2, 0.25) is 10.4 Å². The Morgan fingerprint density at radius 2 is 2.15 bits per heavy atom. The number of carbonyl (C=O) groups excluding carboxylic acids is 1. The Hall–Kier alpha value is -0.760. The summed E-state index contributed by atoms with van der Waals surface area (Å²) in [6.07, 6.45) is 2.00. The number of nitrogens with zero attached hydrogens (tertiary/aromatic N) is 4. The van der Waals surface area contributed by atoms with Crippen LogP contribution in [-0.4, -0.2) is 64.7 Å². The van der Waals surface area contributed by atoms with Crippen LogP contribution in [0.5, 0.6) is 0 Å². The molecule has 2 aliphatic heterocycles. The van der Waals surface area contributed by atoms with Crippen molar-refractivity contribution in [3.8, 4) is 0 Å². The summed E-state index contributed by atoms with van der Waals surface area (Å²) in [4.78, 5) is 16.8. The number of hydrogen-bond acceptors (Lipinski definition) is 6. The fraction of sp³-hybridized carbons (Fsp3) is 0.750. The number of hydrogen-bond donors (Lipinski definition) is 1. The fourth-order valence-electron chi connectivity index (χ4n) is 2.86. The van der Waals surface area contributed by atoms with Gasteiger partial charge in [-0.1, -0.05) is 11.3 Å². The summed E-state index contributed by atoms with van der Waals surface area (Å²) >= 11 is 7.20. The van der Waals surface area contributed by atoms with Gasteiger partial charge in [0, 0.05) is 26.2 Å². The molecule has 1 N–H and O–H groups in total. The summed E-state index contributed by atoms with van der Waals surface area (Å²) < 4.78 is 0.462. The first kappa shape index (κ1) is 14.2. The first-order chi connectivity index (χ1) is 9.74. The number of carbonyl (C=O) groups is 1. The highest BCUT2D eigenvalue weighted by atomic mass is 35.5. The van der Waals surface area contributed by atoms with Gasteiger partial charge < -0.3 is 10.2 Å². The molecule has 2 fully saturated rings. The van der Waals surface area contributed by atoms with Crippen LogP contribution in [0.2, 0.25) is 4.47 Å². The normalized spacial score (nSPS) is 24.2. The van der Waals surface area contributed by atoms with E-state index in [9.17, 15) is 4.79 Å². The van der Waals surface area contributed by atoms with Crippen LogP contribution in [0.3, 0.4) is 0 Å². The molecular weight excluding hydrogens is 298 g/mol. The fourth-order valence-corrected chi connectivity index (χ4v) is 3.75. The van der Waals surface area contributed by atoms with Crippen molar-refractivity contribution in [2.24, 2.45) is 0 Å². The Balaban J connectivity index is 1.63. The summed E-state index contributed by atoms with van der Waals surface area (Å²) in [5.74, 6) is 0.264. The smallest absolute Gasteiger partial charge is 0.240 e. The van der Waals surface area contributed by atoms with E-state index in [0.717, 1.165) is 50.6 Å². The highest BCUT2D eigenvalue weighted by Crippen LogP contribution is 2.24. The van der Waals surface area contributed by atoms with E-state index in [4.69, 9.17) is 11.6 Å². The molecule has 0 radical (unpaired) electrons. The molecule has 1 atom stereocenters. The van der Waals surface area contributed by atoms with Crippen LogP contribution in [0.4, 0.5) is 0 Å². The van der Waals surface area contributed by atoms with Gasteiger partial charge in [0.05, 0.1) is 12.6 Å². The average Bonchev–Trinajstić information content (AvgIpc) is 3.09. The van der Waals surface area contributed by atoms with Crippen molar-refractivity contribution in [3.05, 3.63) is 9.47 Å². The SMILES string of the molecule is O=C(C1CCCN1Cc1nnc(Cl)s1)N1CCNCC1. The number of amides is 1. The van der Waals surface area contributed by atoms with Crippen LogP contribution in [0.25, 0.3) is 0 Å². The largest absolute Gasteiger partial charge is 0.339 e. The molecule has 3 heterocycles. The minimum Gasteiger partial charge on any atom is -0.339 e. The second-order valence-electron chi connectivity index (χ2n) is 5.15. The van der Waals surface area contributed by atoms with Crippen LogP contribution in [-0.2, 0) is 11.3 Å². The molecular formula is C12H18ClN5OS.